The first-order valence-electron chi connectivity index (χ1n) is 4.02. The lowest BCUT2D eigenvalue weighted by Gasteiger charge is -2.02. The average molecular weight is 154 g/mol. The summed E-state index contributed by atoms with van der Waals surface area (Å²) in [6.07, 6.45) is 13.1. The van der Waals surface area contributed by atoms with E-state index < -0.39 is 0 Å². The summed E-state index contributed by atoms with van der Waals surface area (Å²) in [4.78, 5) is 0. The molecule has 0 bridgehead atoms. The zero-order valence-electron chi connectivity index (χ0n) is 6.51. The van der Waals surface area contributed by atoms with Crippen molar-refractivity contribution in [1.29, 1.82) is 0 Å². The summed E-state index contributed by atoms with van der Waals surface area (Å²) in [5.74, 6) is 0. The van der Waals surface area contributed by atoms with Crippen molar-refractivity contribution in [2.75, 3.05) is 6.16 Å². The number of allylic oxidation sites excluding steroid dienone is 4. The second-order valence-corrected chi connectivity index (χ2v) is 4.18. The van der Waals surface area contributed by atoms with Gasteiger partial charge in [-0.25, -0.2) is 0 Å². The minimum atomic E-state index is 0.784. The highest BCUT2D eigenvalue weighted by Crippen LogP contribution is 2.25. The predicted molar refractivity (Wildman–Crippen MR) is 50.2 cm³/mol. The standard InChI is InChI=1S/C9H15P/c1-2-3-8-10-9-6-4-5-7-9/h4-7,9-10H,2-3,8H2,1H3. The van der Waals surface area contributed by atoms with Crippen LogP contribution in [0.4, 0.5) is 0 Å². The first-order chi connectivity index (χ1) is 4.93. The summed E-state index contributed by atoms with van der Waals surface area (Å²) in [6, 6.07) is 0. The maximum absolute atomic E-state index is 2.30. The molecule has 0 spiro atoms. The number of unbranched alkanes of at least 4 members (excludes halogenated alkanes) is 1. The Morgan fingerprint density at radius 2 is 2.00 bits per heavy atom. The maximum Gasteiger partial charge on any atom is 0.0127 e. The van der Waals surface area contributed by atoms with Gasteiger partial charge < -0.3 is 0 Å². The highest BCUT2D eigenvalue weighted by Gasteiger charge is 2.00. The fraction of sp³-hybridized carbons (Fsp3) is 0.556. The molecule has 0 N–H and O–H groups in total. The van der Waals surface area contributed by atoms with E-state index in [1.807, 2.05) is 0 Å². The van der Waals surface area contributed by atoms with Crippen LogP contribution >= 0.6 is 8.58 Å². The zero-order valence-corrected chi connectivity index (χ0v) is 7.51. The lowest BCUT2D eigenvalue weighted by atomic mass is 10.4. The summed E-state index contributed by atoms with van der Waals surface area (Å²) in [5, 5.41) is 0. The number of hydrogen-bond donors (Lipinski definition) is 0. The first-order valence-corrected chi connectivity index (χ1v) is 5.30. The van der Waals surface area contributed by atoms with E-state index in [0.29, 0.717) is 0 Å². The quantitative estimate of drug-likeness (QED) is 0.431. The van der Waals surface area contributed by atoms with Gasteiger partial charge in [0, 0.05) is 5.66 Å². The van der Waals surface area contributed by atoms with Gasteiger partial charge in [-0.15, -0.1) is 8.58 Å². The Morgan fingerprint density at radius 3 is 2.60 bits per heavy atom. The normalized spacial score (nSPS) is 18.1. The van der Waals surface area contributed by atoms with E-state index in [-0.39, 0.29) is 0 Å². The Hall–Kier alpha value is -0.0900. The second-order valence-electron chi connectivity index (χ2n) is 2.60. The Kier molecular flexibility index (Phi) is 3.75. The van der Waals surface area contributed by atoms with Crippen LogP contribution in [0, 0.1) is 0 Å². The fourth-order valence-corrected chi connectivity index (χ4v) is 2.40. The smallest absolute Gasteiger partial charge is 0.0127 e. The SMILES string of the molecule is CCCCPC1C=CC=C1. The van der Waals surface area contributed by atoms with Crippen molar-refractivity contribution in [3.8, 4) is 0 Å². The van der Waals surface area contributed by atoms with Gasteiger partial charge in [-0.3, -0.25) is 0 Å². The van der Waals surface area contributed by atoms with Crippen molar-refractivity contribution in [2.45, 2.75) is 25.4 Å². The summed E-state index contributed by atoms with van der Waals surface area (Å²) >= 11 is 0. The van der Waals surface area contributed by atoms with Gasteiger partial charge in [-0.05, 0) is 12.6 Å². The van der Waals surface area contributed by atoms with Crippen LogP contribution in [0.2, 0.25) is 0 Å². The molecule has 1 unspecified atom stereocenters. The zero-order chi connectivity index (χ0) is 7.23. The van der Waals surface area contributed by atoms with Gasteiger partial charge in [0.25, 0.3) is 0 Å². The molecule has 1 aliphatic carbocycles. The highest BCUT2D eigenvalue weighted by atomic mass is 31.1. The molecule has 0 aliphatic heterocycles. The minimum Gasteiger partial charge on any atom is -0.111 e. The average Bonchev–Trinajstić information content (AvgIpc) is 2.41. The van der Waals surface area contributed by atoms with Gasteiger partial charge >= 0.3 is 0 Å². The Morgan fingerprint density at radius 1 is 1.30 bits per heavy atom. The van der Waals surface area contributed by atoms with E-state index in [0.717, 1.165) is 14.2 Å². The molecule has 0 radical (unpaired) electrons. The molecule has 0 aromatic rings. The Bertz CT molecular complexity index is 124. The molecule has 0 heterocycles. The van der Waals surface area contributed by atoms with Crippen LogP contribution in [-0.4, -0.2) is 11.8 Å². The second kappa shape index (κ2) is 4.68. The molecule has 0 saturated heterocycles. The van der Waals surface area contributed by atoms with Gasteiger partial charge in [0.2, 0.25) is 0 Å². The van der Waals surface area contributed by atoms with E-state index in [2.05, 4.69) is 31.2 Å². The monoisotopic (exact) mass is 154 g/mol. The molecule has 56 valence electrons. The maximum atomic E-state index is 2.30. The van der Waals surface area contributed by atoms with Gasteiger partial charge in [-0.1, -0.05) is 37.6 Å². The van der Waals surface area contributed by atoms with Crippen molar-refractivity contribution in [2.24, 2.45) is 0 Å². The molecule has 0 saturated carbocycles. The molecular formula is C9H15P. The van der Waals surface area contributed by atoms with E-state index in [1.54, 1.807) is 0 Å². The summed E-state index contributed by atoms with van der Waals surface area (Å²) < 4.78 is 0. The first kappa shape index (κ1) is 8.01. The number of rotatable bonds is 4. The molecule has 0 fully saturated rings. The summed E-state index contributed by atoms with van der Waals surface area (Å²) in [7, 11) is 1.12. The van der Waals surface area contributed by atoms with Crippen molar-refractivity contribution >= 4 is 8.58 Å². The third-order valence-electron chi connectivity index (χ3n) is 1.66. The molecular weight excluding hydrogens is 139 g/mol. The molecule has 0 aromatic carbocycles. The molecule has 0 nitrogen and oxygen atoms in total. The van der Waals surface area contributed by atoms with E-state index in [4.69, 9.17) is 0 Å². The van der Waals surface area contributed by atoms with Crippen LogP contribution in [0.5, 0.6) is 0 Å². The van der Waals surface area contributed by atoms with Crippen molar-refractivity contribution in [3.05, 3.63) is 24.3 Å². The molecule has 1 rings (SSSR count). The van der Waals surface area contributed by atoms with Crippen LogP contribution in [0.15, 0.2) is 24.3 Å². The minimum absolute atomic E-state index is 0.784. The highest BCUT2D eigenvalue weighted by molar-refractivity contribution is 7.39. The Balaban J connectivity index is 2.03. The van der Waals surface area contributed by atoms with Crippen LogP contribution in [-0.2, 0) is 0 Å². The van der Waals surface area contributed by atoms with Crippen LogP contribution in [0.1, 0.15) is 19.8 Å². The molecule has 1 aliphatic rings. The van der Waals surface area contributed by atoms with Gasteiger partial charge in [0.05, 0.1) is 0 Å². The Labute approximate surface area is 65.2 Å². The van der Waals surface area contributed by atoms with E-state index >= 15 is 0 Å². The third-order valence-corrected chi connectivity index (χ3v) is 3.16. The van der Waals surface area contributed by atoms with Crippen molar-refractivity contribution in [3.63, 3.8) is 0 Å². The van der Waals surface area contributed by atoms with Crippen LogP contribution in [0.25, 0.3) is 0 Å². The topological polar surface area (TPSA) is 0 Å². The van der Waals surface area contributed by atoms with Crippen LogP contribution < -0.4 is 0 Å². The molecule has 0 aromatic heterocycles. The molecule has 10 heavy (non-hydrogen) atoms. The van der Waals surface area contributed by atoms with Crippen molar-refractivity contribution < 1.29 is 0 Å². The van der Waals surface area contributed by atoms with Crippen LogP contribution in [0.3, 0.4) is 0 Å². The van der Waals surface area contributed by atoms with Gasteiger partial charge in [0.15, 0.2) is 0 Å². The number of hydrogen-bond acceptors (Lipinski definition) is 0. The summed E-state index contributed by atoms with van der Waals surface area (Å²) in [5.41, 5.74) is 0.784. The lowest BCUT2D eigenvalue weighted by molar-refractivity contribution is 0.893. The van der Waals surface area contributed by atoms with E-state index in [9.17, 15) is 0 Å². The largest absolute Gasteiger partial charge is 0.111 e. The summed E-state index contributed by atoms with van der Waals surface area (Å²) in [6.45, 7) is 2.25. The predicted octanol–water partition coefficient (Wildman–Crippen LogP) is 2.96. The molecule has 1 heteroatoms. The van der Waals surface area contributed by atoms with E-state index in [1.165, 1.54) is 19.0 Å². The fourth-order valence-electron chi connectivity index (χ4n) is 1.01. The van der Waals surface area contributed by atoms with Gasteiger partial charge in [0.1, 0.15) is 0 Å². The third kappa shape index (κ3) is 2.66. The van der Waals surface area contributed by atoms with Crippen molar-refractivity contribution in [1.82, 2.24) is 0 Å². The lowest BCUT2D eigenvalue weighted by Crippen LogP contribution is -1.87. The molecule has 0 amide bonds. The van der Waals surface area contributed by atoms with Gasteiger partial charge in [-0.2, -0.15) is 0 Å². The molecule has 1 atom stereocenters.